The van der Waals surface area contributed by atoms with E-state index in [-0.39, 0.29) is 0 Å². The molecule has 74 valence electrons. The maximum absolute atomic E-state index is 5.12. The minimum atomic E-state index is 0.524. The third kappa shape index (κ3) is 3.21. The summed E-state index contributed by atoms with van der Waals surface area (Å²) in [5.74, 6) is 0.690. The fourth-order valence-corrected chi connectivity index (χ4v) is 1.86. The highest BCUT2D eigenvalue weighted by molar-refractivity contribution is 5.86. The van der Waals surface area contributed by atoms with Crippen LogP contribution < -0.4 is 0 Å². The second-order valence-corrected chi connectivity index (χ2v) is 3.50. The summed E-state index contributed by atoms with van der Waals surface area (Å²) >= 11 is 0. The van der Waals surface area contributed by atoms with Gasteiger partial charge in [-0.1, -0.05) is 37.6 Å². The molecule has 1 fully saturated rings. The molecular weight excluding hydrogens is 162 g/mol. The summed E-state index contributed by atoms with van der Waals surface area (Å²) in [7, 11) is 0. The molecule has 0 saturated heterocycles. The van der Waals surface area contributed by atoms with Gasteiger partial charge in [-0.05, 0) is 19.3 Å². The van der Waals surface area contributed by atoms with Crippen LogP contribution in [0.3, 0.4) is 0 Å². The minimum absolute atomic E-state index is 0.524. The zero-order valence-corrected chi connectivity index (χ0v) is 8.46. The lowest BCUT2D eigenvalue weighted by Gasteiger charge is -2.09. The third-order valence-corrected chi connectivity index (χ3v) is 2.56. The fraction of sp³-hybridized carbons (Fsp3) is 0.727. The molecule has 2 heteroatoms. The van der Waals surface area contributed by atoms with E-state index in [9.17, 15) is 0 Å². The van der Waals surface area contributed by atoms with E-state index in [1.54, 1.807) is 6.08 Å². The van der Waals surface area contributed by atoms with Crippen molar-refractivity contribution in [3.63, 3.8) is 0 Å². The van der Waals surface area contributed by atoms with E-state index >= 15 is 0 Å². The van der Waals surface area contributed by atoms with Gasteiger partial charge in [-0.25, -0.2) is 0 Å². The summed E-state index contributed by atoms with van der Waals surface area (Å²) < 4.78 is 0. The molecule has 0 atom stereocenters. The topological polar surface area (TPSA) is 21.6 Å². The average Bonchev–Trinajstić information content (AvgIpc) is 2.65. The summed E-state index contributed by atoms with van der Waals surface area (Å²) in [6.07, 6.45) is 8.04. The normalized spacial score (nSPS) is 19.0. The quantitative estimate of drug-likeness (QED) is 0.276. The average molecular weight is 181 g/mol. The lowest BCUT2D eigenvalue weighted by Crippen LogP contribution is -2.10. The second-order valence-electron chi connectivity index (χ2n) is 3.50. The van der Waals surface area contributed by atoms with Crippen LogP contribution in [0.15, 0.2) is 17.8 Å². The van der Waals surface area contributed by atoms with Crippen LogP contribution in [0.5, 0.6) is 0 Å². The van der Waals surface area contributed by atoms with Gasteiger partial charge < -0.3 is 4.84 Å². The molecule has 0 bridgehead atoms. The number of hydrogen-bond donors (Lipinski definition) is 0. The Morgan fingerprint density at radius 2 is 2.23 bits per heavy atom. The van der Waals surface area contributed by atoms with Crippen LogP contribution in [0.25, 0.3) is 0 Å². The first-order valence-electron chi connectivity index (χ1n) is 5.18. The lowest BCUT2D eigenvalue weighted by atomic mass is 10.0. The largest absolute Gasteiger partial charge is 0.392 e. The van der Waals surface area contributed by atoms with Gasteiger partial charge in [-0.15, -0.1) is 0 Å². The lowest BCUT2D eigenvalue weighted by molar-refractivity contribution is 0.172. The fourth-order valence-electron chi connectivity index (χ4n) is 1.86. The summed E-state index contributed by atoms with van der Waals surface area (Å²) in [5, 5.41) is 4.16. The summed E-state index contributed by atoms with van der Waals surface area (Å²) in [6, 6.07) is 0. The Bertz CT molecular complexity index is 181. The number of oxime groups is 1. The Morgan fingerprint density at radius 1 is 1.54 bits per heavy atom. The van der Waals surface area contributed by atoms with Crippen molar-refractivity contribution >= 4 is 5.71 Å². The van der Waals surface area contributed by atoms with Gasteiger partial charge >= 0.3 is 0 Å². The molecule has 0 unspecified atom stereocenters. The van der Waals surface area contributed by atoms with Crippen molar-refractivity contribution in [1.82, 2.24) is 0 Å². The third-order valence-electron chi connectivity index (χ3n) is 2.56. The van der Waals surface area contributed by atoms with Gasteiger partial charge in [-0.2, -0.15) is 0 Å². The molecule has 1 aliphatic carbocycles. The van der Waals surface area contributed by atoms with Crippen molar-refractivity contribution in [2.75, 3.05) is 6.61 Å². The van der Waals surface area contributed by atoms with Crippen LogP contribution in [0, 0.1) is 5.92 Å². The molecule has 0 aromatic rings. The van der Waals surface area contributed by atoms with Crippen molar-refractivity contribution < 1.29 is 4.84 Å². The van der Waals surface area contributed by atoms with Crippen LogP contribution in [-0.2, 0) is 4.84 Å². The van der Waals surface area contributed by atoms with Gasteiger partial charge in [-0.3, -0.25) is 0 Å². The van der Waals surface area contributed by atoms with E-state index < -0.39 is 0 Å². The van der Waals surface area contributed by atoms with Gasteiger partial charge in [0.2, 0.25) is 0 Å². The maximum Gasteiger partial charge on any atom is 0.135 e. The van der Waals surface area contributed by atoms with Gasteiger partial charge in [0.1, 0.15) is 6.61 Å². The molecule has 0 amide bonds. The van der Waals surface area contributed by atoms with Gasteiger partial charge in [0.05, 0.1) is 5.71 Å². The predicted octanol–water partition coefficient (Wildman–Crippen LogP) is 3.15. The van der Waals surface area contributed by atoms with E-state index in [2.05, 4.69) is 18.7 Å². The van der Waals surface area contributed by atoms with Crippen molar-refractivity contribution in [2.24, 2.45) is 11.1 Å². The first kappa shape index (κ1) is 10.3. The van der Waals surface area contributed by atoms with E-state index in [1.165, 1.54) is 31.4 Å². The van der Waals surface area contributed by atoms with E-state index in [0.717, 1.165) is 6.42 Å². The van der Waals surface area contributed by atoms with Crippen molar-refractivity contribution in [1.29, 1.82) is 0 Å². The van der Waals surface area contributed by atoms with E-state index in [4.69, 9.17) is 4.84 Å². The molecule has 0 aromatic carbocycles. The van der Waals surface area contributed by atoms with Crippen LogP contribution in [0.2, 0.25) is 0 Å². The van der Waals surface area contributed by atoms with Crippen LogP contribution in [0.1, 0.15) is 39.0 Å². The molecule has 0 aromatic heterocycles. The molecule has 0 heterocycles. The smallest absolute Gasteiger partial charge is 0.135 e. The molecule has 13 heavy (non-hydrogen) atoms. The molecule has 0 N–H and O–H groups in total. The van der Waals surface area contributed by atoms with E-state index in [0.29, 0.717) is 12.5 Å². The molecule has 1 rings (SSSR count). The maximum atomic E-state index is 5.12. The first-order chi connectivity index (χ1) is 6.38. The highest BCUT2D eigenvalue weighted by Gasteiger charge is 2.19. The Morgan fingerprint density at radius 3 is 2.77 bits per heavy atom. The molecule has 2 nitrogen and oxygen atoms in total. The van der Waals surface area contributed by atoms with Crippen molar-refractivity contribution in [3.05, 3.63) is 12.7 Å². The summed E-state index contributed by atoms with van der Waals surface area (Å²) in [5.41, 5.74) is 1.24. The standard InChI is InChI=1S/C11H19NO/c1-3-9-13-12-11(4-2)10-7-5-6-8-10/h3,10H,1,4-9H2,2H3/b12-11+. The summed E-state index contributed by atoms with van der Waals surface area (Å²) in [4.78, 5) is 5.12. The molecule has 0 radical (unpaired) electrons. The monoisotopic (exact) mass is 181 g/mol. The van der Waals surface area contributed by atoms with Gasteiger partial charge in [0, 0.05) is 5.92 Å². The zero-order valence-electron chi connectivity index (χ0n) is 8.46. The molecular formula is C11H19NO. The highest BCUT2D eigenvalue weighted by atomic mass is 16.6. The Labute approximate surface area is 80.7 Å². The number of rotatable bonds is 5. The van der Waals surface area contributed by atoms with Crippen molar-refractivity contribution in [3.8, 4) is 0 Å². The molecule has 0 spiro atoms. The van der Waals surface area contributed by atoms with Crippen LogP contribution in [0.4, 0.5) is 0 Å². The minimum Gasteiger partial charge on any atom is -0.392 e. The SMILES string of the molecule is C=CCO/N=C(\CC)C1CCCC1. The predicted molar refractivity (Wildman–Crippen MR) is 55.8 cm³/mol. The first-order valence-corrected chi connectivity index (χ1v) is 5.18. The molecule has 0 aliphatic heterocycles. The molecule has 1 saturated carbocycles. The Kier molecular flexibility index (Phi) is 4.58. The Hall–Kier alpha value is -0.790. The van der Waals surface area contributed by atoms with Crippen LogP contribution in [-0.4, -0.2) is 12.3 Å². The van der Waals surface area contributed by atoms with Crippen LogP contribution >= 0.6 is 0 Å². The Balaban J connectivity index is 2.39. The number of hydrogen-bond acceptors (Lipinski definition) is 2. The molecule has 1 aliphatic rings. The highest BCUT2D eigenvalue weighted by Crippen LogP contribution is 2.27. The summed E-state index contributed by atoms with van der Waals surface area (Å²) in [6.45, 7) is 6.26. The van der Waals surface area contributed by atoms with E-state index in [1.807, 2.05) is 0 Å². The zero-order chi connectivity index (χ0) is 9.52. The second kappa shape index (κ2) is 5.79. The van der Waals surface area contributed by atoms with Gasteiger partial charge in [0.15, 0.2) is 0 Å². The van der Waals surface area contributed by atoms with Crippen molar-refractivity contribution in [2.45, 2.75) is 39.0 Å². The van der Waals surface area contributed by atoms with Gasteiger partial charge in [0.25, 0.3) is 0 Å². The number of nitrogens with zero attached hydrogens (tertiary/aromatic N) is 1.